The van der Waals surface area contributed by atoms with Gasteiger partial charge in [-0.05, 0) is 25.0 Å². The normalized spacial score (nSPS) is 15.9. The van der Waals surface area contributed by atoms with E-state index < -0.39 is 10.0 Å². The van der Waals surface area contributed by atoms with Gasteiger partial charge in [0, 0.05) is 25.3 Å². The van der Waals surface area contributed by atoms with Crippen molar-refractivity contribution in [3.63, 3.8) is 0 Å². The van der Waals surface area contributed by atoms with E-state index in [9.17, 15) is 8.42 Å². The van der Waals surface area contributed by atoms with E-state index in [1.165, 1.54) is 4.31 Å². The fraction of sp³-hybridized carbons (Fsp3) is 0.583. The molecule has 1 N–H and O–H groups in total. The zero-order valence-electron chi connectivity index (χ0n) is 10.8. The Kier molecular flexibility index (Phi) is 3.87. The second kappa shape index (κ2) is 5.24. The first-order chi connectivity index (χ1) is 8.59. The third-order valence-electron chi connectivity index (χ3n) is 3.01. The maximum absolute atomic E-state index is 12.5. The van der Waals surface area contributed by atoms with Crippen LogP contribution in [0.1, 0.15) is 26.7 Å². The van der Waals surface area contributed by atoms with Gasteiger partial charge in [0.05, 0.1) is 0 Å². The van der Waals surface area contributed by atoms with Crippen LogP contribution in [-0.2, 0) is 10.0 Å². The Bertz CT molecular complexity index is 508. The molecule has 0 amide bonds. The van der Waals surface area contributed by atoms with Gasteiger partial charge in [-0.1, -0.05) is 13.8 Å². The first-order valence-corrected chi connectivity index (χ1v) is 7.75. The Morgan fingerprint density at radius 1 is 1.39 bits per heavy atom. The molecule has 0 radical (unpaired) electrons. The molecule has 2 rings (SSSR count). The number of hydrogen-bond donors (Lipinski definition) is 1. The summed E-state index contributed by atoms with van der Waals surface area (Å²) in [6, 6.07) is 3.66. The highest BCUT2D eigenvalue weighted by Gasteiger charge is 2.28. The Morgan fingerprint density at radius 3 is 2.61 bits per heavy atom. The lowest BCUT2D eigenvalue weighted by Gasteiger charge is -2.20. The summed E-state index contributed by atoms with van der Waals surface area (Å²) in [6.45, 7) is 4.62. The SMILES string of the molecule is CCN(CC)S(=O)(=O)c1cccnc1NC1CC1. The maximum atomic E-state index is 12.5. The molecular weight excluding hydrogens is 250 g/mol. The van der Waals surface area contributed by atoms with E-state index in [4.69, 9.17) is 0 Å². The van der Waals surface area contributed by atoms with Crippen LogP contribution < -0.4 is 5.32 Å². The fourth-order valence-corrected chi connectivity index (χ4v) is 3.40. The molecule has 18 heavy (non-hydrogen) atoms. The summed E-state index contributed by atoms with van der Waals surface area (Å²) in [5.41, 5.74) is 0. The number of anilines is 1. The highest BCUT2D eigenvalue weighted by Crippen LogP contribution is 2.28. The van der Waals surface area contributed by atoms with E-state index in [1.54, 1.807) is 18.3 Å². The van der Waals surface area contributed by atoms with E-state index in [0.29, 0.717) is 24.9 Å². The van der Waals surface area contributed by atoms with E-state index in [0.717, 1.165) is 12.8 Å². The number of pyridine rings is 1. The predicted octanol–water partition coefficient (Wildman–Crippen LogP) is 1.69. The molecule has 1 saturated carbocycles. The van der Waals surface area contributed by atoms with Gasteiger partial charge in [-0.3, -0.25) is 0 Å². The second-order valence-corrected chi connectivity index (χ2v) is 6.26. The Balaban J connectivity index is 2.36. The molecule has 0 spiro atoms. The molecule has 0 unspecified atom stereocenters. The molecule has 1 aromatic heterocycles. The van der Waals surface area contributed by atoms with Gasteiger partial charge >= 0.3 is 0 Å². The van der Waals surface area contributed by atoms with Gasteiger partial charge < -0.3 is 5.32 Å². The third kappa shape index (κ3) is 2.64. The van der Waals surface area contributed by atoms with Gasteiger partial charge in [0.1, 0.15) is 10.7 Å². The van der Waals surface area contributed by atoms with Gasteiger partial charge in [0.25, 0.3) is 0 Å². The van der Waals surface area contributed by atoms with Crippen molar-refractivity contribution in [2.75, 3.05) is 18.4 Å². The Morgan fingerprint density at radius 2 is 2.06 bits per heavy atom. The topological polar surface area (TPSA) is 62.3 Å². The van der Waals surface area contributed by atoms with E-state index in [2.05, 4.69) is 10.3 Å². The molecular formula is C12H19N3O2S. The van der Waals surface area contributed by atoms with Gasteiger partial charge in [-0.15, -0.1) is 0 Å². The van der Waals surface area contributed by atoms with Crippen molar-refractivity contribution in [1.29, 1.82) is 0 Å². The third-order valence-corrected chi connectivity index (χ3v) is 5.09. The number of rotatable bonds is 6. The molecule has 0 saturated heterocycles. The van der Waals surface area contributed by atoms with Crippen molar-refractivity contribution in [3.8, 4) is 0 Å². The van der Waals surface area contributed by atoms with E-state index in [-0.39, 0.29) is 4.90 Å². The van der Waals surface area contributed by atoms with Crippen LogP contribution in [0.2, 0.25) is 0 Å². The standard InChI is InChI=1S/C12H19N3O2S/c1-3-15(4-2)18(16,17)11-6-5-9-13-12(11)14-10-7-8-10/h5-6,9-10H,3-4,7-8H2,1-2H3,(H,13,14). The summed E-state index contributed by atoms with van der Waals surface area (Å²) < 4.78 is 26.4. The van der Waals surface area contributed by atoms with Gasteiger partial charge in [-0.25, -0.2) is 13.4 Å². The summed E-state index contributed by atoms with van der Waals surface area (Å²) >= 11 is 0. The van der Waals surface area contributed by atoms with Crippen molar-refractivity contribution < 1.29 is 8.42 Å². The average Bonchev–Trinajstić information content (AvgIpc) is 3.15. The predicted molar refractivity (Wildman–Crippen MR) is 71.0 cm³/mol. The zero-order valence-corrected chi connectivity index (χ0v) is 11.6. The minimum atomic E-state index is -3.44. The monoisotopic (exact) mass is 269 g/mol. The highest BCUT2D eigenvalue weighted by atomic mass is 32.2. The maximum Gasteiger partial charge on any atom is 0.246 e. The Labute approximate surface area is 108 Å². The summed E-state index contributed by atoms with van der Waals surface area (Å²) in [5, 5.41) is 3.18. The quantitative estimate of drug-likeness (QED) is 0.853. The highest BCUT2D eigenvalue weighted by molar-refractivity contribution is 7.89. The minimum absolute atomic E-state index is 0.278. The van der Waals surface area contributed by atoms with Gasteiger partial charge in [0.2, 0.25) is 10.0 Å². The van der Waals surface area contributed by atoms with Crippen molar-refractivity contribution in [3.05, 3.63) is 18.3 Å². The number of nitrogens with zero attached hydrogens (tertiary/aromatic N) is 2. The second-order valence-electron chi connectivity index (χ2n) is 4.36. The Hall–Kier alpha value is -1.14. The molecule has 0 bridgehead atoms. The molecule has 6 heteroatoms. The first-order valence-electron chi connectivity index (χ1n) is 6.31. The smallest absolute Gasteiger partial charge is 0.246 e. The summed E-state index contributed by atoms with van der Waals surface area (Å²) in [5.74, 6) is 0.479. The summed E-state index contributed by atoms with van der Waals surface area (Å²) in [4.78, 5) is 4.44. The summed E-state index contributed by atoms with van der Waals surface area (Å²) in [6.07, 6.45) is 3.79. The lowest BCUT2D eigenvalue weighted by molar-refractivity contribution is 0.445. The number of nitrogens with one attached hydrogen (secondary N) is 1. The lowest BCUT2D eigenvalue weighted by atomic mass is 10.4. The van der Waals surface area contributed by atoms with Crippen molar-refractivity contribution >= 4 is 15.8 Å². The molecule has 1 aliphatic carbocycles. The van der Waals surface area contributed by atoms with Crippen LogP contribution in [0.4, 0.5) is 5.82 Å². The molecule has 1 heterocycles. The van der Waals surface area contributed by atoms with Crippen LogP contribution in [0.15, 0.2) is 23.2 Å². The van der Waals surface area contributed by atoms with Crippen molar-refractivity contribution in [1.82, 2.24) is 9.29 Å². The van der Waals surface area contributed by atoms with Crippen LogP contribution in [0.25, 0.3) is 0 Å². The van der Waals surface area contributed by atoms with Crippen LogP contribution in [0.5, 0.6) is 0 Å². The molecule has 1 aliphatic rings. The molecule has 5 nitrogen and oxygen atoms in total. The van der Waals surface area contributed by atoms with Crippen molar-refractivity contribution in [2.24, 2.45) is 0 Å². The van der Waals surface area contributed by atoms with Gasteiger partial charge in [-0.2, -0.15) is 4.31 Å². The van der Waals surface area contributed by atoms with Gasteiger partial charge in [0.15, 0.2) is 0 Å². The minimum Gasteiger partial charge on any atom is -0.366 e. The van der Waals surface area contributed by atoms with Crippen LogP contribution >= 0.6 is 0 Å². The van der Waals surface area contributed by atoms with Crippen molar-refractivity contribution in [2.45, 2.75) is 37.6 Å². The number of hydrogen-bond acceptors (Lipinski definition) is 4. The molecule has 0 atom stereocenters. The average molecular weight is 269 g/mol. The zero-order chi connectivity index (χ0) is 13.2. The molecule has 0 aromatic carbocycles. The molecule has 100 valence electrons. The first kappa shape index (κ1) is 13.3. The van der Waals surface area contributed by atoms with E-state index >= 15 is 0 Å². The van der Waals surface area contributed by atoms with E-state index in [1.807, 2.05) is 13.8 Å². The van der Waals surface area contributed by atoms with Crippen LogP contribution in [-0.4, -0.2) is 36.8 Å². The summed E-state index contributed by atoms with van der Waals surface area (Å²) in [7, 11) is -3.44. The van der Waals surface area contributed by atoms with Crippen LogP contribution in [0, 0.1) is 0 Å². The molecule has 1 fully saturated rings. The fourth-order valence-electron chi connectivity index (χ4n) is 1.83. The lowest BCUT2D eigenvalue weighted by Crippen LogP contribution is -2.31. The number of sulfonamides is 1. The molecule has 1 aromatic rings. The van der Waals surface area contributed by atoms with Crippen LogP contribution in [0.3, 0.4) is 0 Å². The number of aromatic nitrogens is 1. The molecule has 0 aliphatic heterocycles. The largest absolute Gasteiger partial charge is 0.366 e.